The second-order valence-corrected chi connectivity index (χ2v) is 38.5. The summed E-state index contributed by atoms with van der Waals surface area (Å²) in [5, 5.41) is 18.3. The van der Waals surface area contributed by atoms with E-state index in [4.69, 9.17) is 39.9 Å². The van der Waals surface area contributed by atoms with Gasteiger partial charge in [0.2, 0.25) is 0 Å². The largest absolute Gasteiger partial charge is 0.309 e. The molecule has 0 unspecified atom stereocenters. The number of aromatic nitrogens is 12. The van der Waals surface area contributed by atoms with Crippen LogP contribution in [0.4, 0.5) is 0 Å². The second kappa shape index (κ2) is 35.7. The van der Waals surface area contributed by atoms with E-state index in [2.05, 4.69) is 425 Å². The quantitative estimate of drug-likeness (QED) is 0.117. The van der Waals surface area contributed by atoms with E-state index >= 15 is 0 Å². The number of hydrogen-bond donors (Lipinski definition) is 0. The zero-order valence-corrected chi connectivity index (χ0v) is 81.0. The van der Waals surface area contributed by atoms with Gasteiger partial charge in [-0.05, 0) is 228 Å². The van der Waals surface area contributed by atoms with Crippen LogP contribution in [-0.2, 0) is 5.41 Å². The highest BCUT2D eigenvalue weighted by Gasteiger charge is 2.52. The van der Waals surface area contributed by atoms with Crippen molar-refractivity contribution < 1.29 is 0 Å². The molecule has 12 nitrogen and oxygen atoms in total. The van der Waals surface area contributed by atoms with Gasteiger partial charge < -0.3 is 13.7 Å². The molecule has 0 fully saturated rings. The van der Waals surface area contributed by atoms with Gasteiger partial charge in [0.1, 0.15) is 0 Å². The summed E-state index contributed by atoms with van der Waals surface area (Å²) in [5.74, 6) is 3.25. The Balaban J connectivity index is 0.000000109. The van der Waals surface area contributed by atoms with Crippen molar-refractivity contribution in [3.63, 3.8) is 0 Å². The van der Waals surface area contributed by atoms with Gasteiger partial charge in [-0.1, -0.05) is 370 Å². The predicted molar refractivity (Wildman–Crippen MR) is 615 cm³/mol. The molecule has 0 atom stereocenters. The van der Waals surface area contributed by atoms with E-state index in [1.54, 1.807) is 6.20 Å². The SMILES string of the molecule is c1ccc(-c2cc(-c3ccc4ccccc4n3)nc(-c3ccc(-n4c5ccccc5c5c6ccccc6ccc54)cc3)n2)cc1.c1ccc(-c2cc(-c3ccccn3)nc(-c3ccc(-n4c5ccccc5c5c6ccccc6ccc54)cc3)n2)cc1.c1ccc(-c2nc(-c3ccc4c(c3)C3(c5ccccc5-c5ccccc53)c3ccccc3-4)nc(-c3ccc(-n4c5ccccc5c5cc6ccccc6cc54)c4ccccc34)n2)cc1. The Morgan fingerprint density at radius 3 is 1.11 bits per heavy atom. The standard InChI is InChI=1S/C60H36N4.C41H26N4.C37H24N4/c1-2-16-37(17-3-1)57-61-58(40-30-31-45-44-23-10-14-28-52(44)60(53(45)35-40)50-26-12-8-21-42(50)43-22-9-13-27-51(43)60)63-59(62-57)48-32-33-55(46-24-7-6-20-41(46)48)64-54-29-15-11-25-47(54)49-34-38-18-4-5-19-39(38)36-56(49)64;1-2-11-28(12-3-1)36-26-37(35-24-20-29-13-5-8-16-34(29)42-35)44-41(43-36)30-18-22-31(23-19-30)45-38-17-9-7-15-33(38)40-32-14-6-4-10-27(32)21-25-39(40)45;1-2-11-26(12-3-1)32-24-33(31-15-8-9-23-38-31)40-37(39-32)27-17-20-28(21-18-27)41-34-16-7-6-14-30(34)36-29-13-5-4-10-25(29)19-22-35(36)41/h1-36H;1-26H;1-24H. The molecule has 2 aliphatic rings. The van der Waals surface area contributed by atoms with Crippen molar-refractivity contribution in [2.75, 3.05) is 0 Å². The summed E-state index contributed by atoms with van der Waals surface area (Å²) in [6.07, 6.45) is 1.79. The highest BCUT2D eigenvalue weighted by atomic mass is 15.0. The normalized spacial score (nSPS) is 12.2. The lowest BCUT2D eigenvalue weighted by molar-refractivity contribution is 0.794. The molecule has 150 heavy (non-hydrogen) atoms. The molecule has 0 aliphatic heterocycles. The van der Waals surface area contributed by atoms with Gasteiger partial charge in [0.05, 0.1) is 83.9 Å². The Hall–Kier alpha value is -20.2. The topological polar surface area (TPSA) is 131 Å². The number of hydrogen-bond acceptors (Lipinski definition) is 9. The lowest BCUT2D eigenvalue weighted by Crippen LogP contribution is -2.25. The summed E-state index contributed by atoms with van der Waals surface area (Å²) < 4.78 is 7.13. The third kappa shape index (κ3) is 14.4. The van der Waals surface area contributed by atoms with Crippen molar-refractivity contribution in [3.05, 3.63) is 544 Å². The molecule has 0 saturated heterocycles. The zero-order valence-electron chi connectivity index (χ0n) is 81.0. The molecule has 0 saturated carbocycles. The number of benzene rings is 21. The zero-order chi connectivity index (χ0) is 98.9. The van der Waals surface area contributed by atoms with Crippen molar-refractivity contribution in [2.45, 2.75) is 5.41 Å². The van der Waals surface area contributed by atoms with Crippen molar-refractivity contribution in [1.29, 1.82) is 0 Å². The molecule has 1 spiro atoms. The summed E-state index contributed by atoms with van der Waals surface area (Å²) in [4.78, 5) is 45.5. The molecular weight excluding hydrogens is 1830 g/mol. The maximum absolute atomic E-state index is 5.43. The molecule has 8 aromatic heterocycles. The van der Waals surface area contributed by atoms with Crippen LogP contribution in [0.5, 0.6) is 0 Å². The monoisotopic (exact) mass is 1910 g/mol. The van der Waals surface area contributed by atoms with Gasteiger partial charge >= 0.3 is 0 Å². The maximum Gasteiger partial charge on any atom is 0.164 e. The fraction of sp³-hybridized carbons (Fsp3) is 0.00725. The third-order valence-electron chi connectivity index (χ3n) is 30.1. The Kier molecular flexibility index (Phi) is 20.6. The van der Waals surface area contributed by atoms with Crippen molar-refractivity contribution >= 4 is 119 Å². The second-order valence-electron chi connectivity index (χ2n) is 38.5. The molecule has 12 heteroatoms. The van der Waals surface area contributed by atoms with Crippen LogP contribution in [-0.4, -0.2) is 58.6 Å². The first-order chi connectivity index (χ1) is 74.4. The highest BCUT2D eigenvalue weighted by molar-refractivity contribution is 6.23. The van der Waals surface area contributed by atoms with Crippen molar-refractivity contribution in [1.82, 2.24) is 58.6 Å². The Morgan fingerprint density at radius 1 is 0.167 bits per heavy atom. The van der Waals surface area contributed by atoms with Crippen LogP contribution in [0, 0.1) is 0 Å². The van der Waals surface area contributed by atoms with Gasteiger partial charge in [-0.2, -0.15) is 0 Å². The van der Waals surface area contributed by atoms with Gasteiger partial charge in [0.25, 0.3) is 0 Å². The lowest BCUT2D eigenvalue weighted by Gasteiger charge is -2.30. The Bertz CT molecular complexity index is 10400. The Labute approximate surface area is 862 Å². The highest BCUT2D eigenvalue weighted by Crippen LogP contribution is 2.63. The molecule has 8 heterocycles. The first-order valence-electron chi connectivity index (χ1n) is 50.8. The number of rotatable bonds is 12. The number of fused-ring (bicyclic) bond motifs is 26. The van der Waals surface area contributed by atoms with Gasteiger partial charge in [0.15, 0.2) is 29.1 Å². The van der Waals surface area contributed by atoms with Crippen LogP contribution in [0.2, 0.25) is 0 Å². The lowest BCUT2D eigenvalue weighted by atomic mass is 9.70. The third-order valence-corrected chi connectivity index (χ3v) is 30.1. The Morgan fingerprint density at radius 2 is 0.560 bits per heavy atom. The molecule has 0 bridgehead atoms. The van der Waals surface area contributed by atoms with Crippen LogP contribution in [0.25, 0.3) is 261 Å². The fourth-order valence-electron chi connectivity index (χ4n) is 23.4. The van der Waals surface area contributed by atoms with Gasteiger partial charge in [0, 0.05) is 99.6 Å². The number of para-hydroxylation sites is 4. The molecular formula is C138H86N12. The van der Waals surface area contributed by atoms with E-state index in [1.165, 1.54) is 142 Å². The molecule has 21 aromatic carbocycles. The summed E-state index contributed by atoms with van der Waals surface area (Å²) in [6, 6.07) is 182. The van der Waals surface area contributed by atoms with Crippen LogP contribution < -0.4 is 0 Å². The van der Waals surface area contributed by atoms with Crippen LogP contribution >= 0.6 is 0 Å². The molecule has 2 aliphatic carbocycles. The van der Waals surface area contributed by atoms with Crippen LogP contribution in [0.15, 0.2) is 522 Å². The first-order valence-corrected chi connectivity index (χ1v) is 50.8. The summed E-state index contributed by atoms with van der Waals surface area (Å²) in [7, 11) is 0. The summed E-state index contributed by atoms with van der Waals surface area (Å²) in [5.41, 5.74) is 32.9. The van der Waals surface area contributed by atoms with E-state index in [9.17, 15) is 0 Å². The van der Waals surface area contributed by atoms with E-state index in [0.717, 1.165) is 112 Å². The predicted octanol–water partition coefficient (Wildman–Crippen LogP) is 34.0. The molecule has 29 aromatic rings. The average Bonchev–Trinajstić information content (AvgIpc) is 1.50. The van der Waals surface area contributed by atoms with Gasteiger partial charge in [-0.15, -0.1) is 0 Å². The number of pyridine rings is 2. The maximum atomic E-state index is 5.43. The van der Waals surface area contributed by atoms with Crippen LogP contribution in [0.3, 0.4) is 0 Å². The minimum absolute atomic E-state index is 0.474. The van der Waals surface area contributed by atoms with E-state index < -0.39 is 5.41 Å². The van der Waals surface area contributed by atoms with Gasteiger partial charge in [-0.25, -0.2) is 39.9 Å². The number of nitrogens with zero attached hydrogens (tertiary/aromatic N) is 12. The average molecular weight is 1910 g/mol. The molecule has 31 rings (SSSR count). The van der Waals surface area contributed by atoms with Crippen molar-refractivity contribution in [2.24, 2.45) is 0 Å². The minimum Gasteiger partial charge on any atom is -0.309 e. The fourth-order valence-corrected chi connectivity index (χ4v) is 23.4. The van der Waals surface area contributed by atoms with Crippen molar-refractivity contribution in [3.8, 4) is 142 Å². The van der Waals surface area contributed by atoms with Gasteiger partial charge in [-0.3, -0.25) is 4.98 Å². The van der Waals surface area contributed by atoms with E-state index in [-0.39, 0.29) is 0 Å². The summed E-state index contributed by atoms with van der Waals surface area (Å²) >= 11 is 0. The first kappa shape index (κ1) is 86.5. The van der Waals surface area contributed by atoms with Crippen LogP contribution in [0.1, 0.15) is 22.3 Å². The smallest absolute Gasteiger partial charge is 0.164 e. The summed E-state index contributed by atoms with van der Waals surface area (Å²) in [6.45, 7) is 0. The molecule has 698 valence electrons. The molecule has 0 N–H and O–H groups in total. The molecule has 0 amide bonds. The van der Waals surface area contributed by atoms with E-state index in [1.807, 2.05) is 109 Å². The minimum atomic E-state index is -0.474. The molecule has 0 radical (unpaired) electrons. The van der Waals surface area contributed by atoms with E-state index in [0.29, 0.717) is 29.1 Å².